The number of aryl methyl sites for hydroxylation is 2. The number of nitriles is 1. The van der Waals surface area contributed by atoms with Gasteiger partial charge in [0.15, 0.2) is 11.7 Å². The number of rotatable bonds is 12. The molecule has 2 saturated heterocycles. The number of H-pyrrole nitrogens is 1. The number of aromatic amines is 1. The van der Waals surface area contributed by atoms with Gasteiger partial charge in [-0.25, -0.2) is 4.98 Å². The summed E-state index contributed by atoms with van der Waals surface area (Å²) in [5.74, 6) is 0.900. The van der Waals surface area contributed by atoms with Crippen LogP contribution in [0.2, 0.25) is 0 Å². The van der Waals surface area contributed by atoms with E-state index in [0.717, 1.165) is 97.4 Å². The molecular formula is C43H56N10O3. The lowest BCUT2D eigenvalue weighted by Gasteiger charge is -2.39. The van der Waals surface area contributed by atoms with Crippen LogP contribution in [0.3, 0.4) is 0 Å². The van der Waals surface area contributed by atoms with Gasteiger partial charge < -0.3 is 41.0 Å². The molecule has 2 fully saturated rings. The Bertz CT molecular complexity index is 2150. The van der Waals surface area contributed by atoms with E-state index in [2.05, 4.69) is 71.0 Å². The number of nitrogens with one attached hydrogen (secondary N) is 2. The molecule has 13 heteroatoms. The van der Waals surface area contributed by atoms with E-state index < -0.39 is 11.5 Å². The van der Waals surface area contributed by atoms with Crippen molar-refractivity contribution < 1.29 is 14.4 Å². The number of carbonyl (C=O) groups is 3. The molecular weight excluding hydrogens is 705 g/mol. The number of amides is 2. The summed E-state index contributed by atoms with van der Waals surface area (Å²) in [5.41, 5.74) is 18.6. The van der Waals surface area contributed by atoms with Gasteiger partial charge in [-0.2, -0.15) is 5.26 Å². The van der Waals surface area contributed by atoms with E-state index in [4.69, 9.17) is 11.5 Å². The van der Waals surface area contributed by atoms with Crippen molar-refractivity contribution >= 4 is 40.1 Å². The quantitative estimate of drug-likeness (QED) is 0.164. The number of likely N-dealkylation sites (tertiary alicyclic amines) is 1. The molecule has 0 unspecified atom stereocenters. The third kappa shape index (κ3) is 7.64. The van der Waals surface area contributed by atoms with E-state index in [9.17, 15) is 19.6 Å². The van der Waals surface area contributed by atoms with Crippen LogP contribution in [0.1, 0.15) is 98.1 Å². The van der Waals surface area contributed by atoms with Gasteiger partial charge in [0.1, 0.15) is 0 Å². The van der Waals surface area contributed by atoms with Gasteiger partial charge in [-0.05, 0) is 86.5 Å². The topological polar surface area (TPSA) is 182 Å². The van der Waals surface area contributed by atoms with E-state index in [1.54, 1.807) is 12.3 Å². The van der Waals surface area contributed by atoms with E-state index in [0.29, 0.717) is 55.5 Å². The van der Waals surface area contributed by atoms with Crippen LogP contribution < -0.4 is 21.7 Å². The van der Waals surface area contributed by atoms with Crippen molar-refractivity contribution in [3.8, 4) is 6.07 Å². The van der Waals surface area contributed by atoms with Crippen LogP contribution in [0.15, 0.2) is 42.7 Å². The second-order valence-electron chi connectivity index (χ2n) is 16.5. The number of aromatic nitrogens is 3. The summed E-state index contributed by atoms with van der Waals surface area (Å²) >= 11 is 0. The second-order valence-corrected chi connectivity index (χ2v) is 16.5. The van der Waals surface area contributed by atoms with Crippen LogP contribution in [-0.4, -0.2) is 99.8 Å². The zero-order valence-electron chi connectivity index (χ0n) is 33.2. The number of hydrogen-bond acceptors (Lipinski definition) is 9. The van der Waals surface area contributed by atoms with Gasteiger partial charge in [0.05, 0.1) is 23.2 Å². The Kier molecular flexibility index (Phi) is 11.2. The minimum absolute atomic E-state index is 0.0188. The molecule has 3 atom stereocenters. The van der Waals surface area contributed by atoms with Crippen molar-refractivity contribution in [1.29, 1.82) is 5.26 Å². The Morgan fingerprint density at radius 2 is 1.89 bits per heavy atom. The smallest absolute Gasteiger partial charge is 0.237 e. The number of hydrogen-bond donors (Lipinski definition) is 4. The maximum Gasteiger partial charge on any atom is 0.237 e. The van der Waals surface area contributed by atoms with Crippen LogP contribution in [0.25, 0.3) is 10.9 Å². The minimum atomic E-state index is -0.578. The molecule has 6 N–H and O–H groups in total. The average Bonchev–Trinajstić information content (AvgIpc) is 3.80. The fourth-order valence-electron chi connectivity index (χ4n) is 8.93. The maximum atomic E-state index is 14.1. The molecule has 296 valence electrons. The highest BCUT2D eigenvalue weighted by atomic mass is 16.2. The predicted molar refractivity (Wildman–Crippen MR) is 218 cm³/mol. The Labute approximate surface area is 329 Å². The molecule has 56 heavy (non-hydrogen) atoms. The first-order valence-electron chi connectivity index (χ1n) is 20.3. The Morgan fingerprint density at radius 1 is 1.11 bits per heavy atom. The number of piperazine rings is 1. The predicted octanol–water partition coefficient (Wildman–Crippen LogP) is 4.31. The Hall–Kier alpha value is -5.19. The van der Waals surface area contributed by atoms with E-state index >= 15 is 0 Å². The molecule has 2 aromatic carbocycles. The van der Waals surface area contributed by atoms with Crippen LogP contribution in [0, 0.1) is 17.2 Å². The van der Waals surface area contributed by atoms with Crippen LogP contribution in [0.5, 0.6) is 0 Å². The van der Waals surface area contributed by atoms with Gasteiger partial charge in [0.2, 0.25) is 11.8 Å². The summed E-state index contributed by atoms with van der Waals surface area (Å²) in [4.78, 5) is 54.7. The highest BCUT2D eigenvalue weighted by molar-refractivity contribution is 6.20. The summed E-state index contributed by atoms with van der Waals surface area (Å²) in [6.07, 6.45) is 7.82. The van der Waals surface area contributed by atoms with Crippen molar-refractivity contribution in [3.05, 3.63) is 76.2 Å². The molecule has 3 aliphatic rings. The van der Waals surface area contributed by atoms with E-state index in [1.807, 2.05) is 27.8 Å². The number of benzene rings is 2. The van der Waals surface area contributed by atoms with Gasteiger partial charge in [0, 0.05) is 97.4 Å². The van der Waals surface area contributed by atoms with Gasteiger partial charge in [-0.15, -0.1) is 0 Å². The monoisotopic (exact) mass is 760 g/mol. The molecule has 7 rings (SSSR count). The third-order valence-corrected chi connectivity index (χ3v) is 12.5. The number of ketones is 1. The van der Waals surface area contributed by atoms with Crippen LogP contribution in [0.4, 0.5) is 11.6 Å². The highest BCUT2D eigenvalue weighted by Crippen LogP contribution is 2.46. The molecule has 0 spiro atoms. The molecule has 2 aromatic heterocycles. The first-order chi connectivity index (χ1) is 26.9. The Balaban J connectivity index is 0.907. The lowest BCUT2D eigenvalue weighted by molar-refractivity contribution is -0.131. The van der Waals surface area contributed by atoms with Gasteiger partial charge >= 0.3 is 0 Å². The summed E-state index contributed by atoms with van der Waals surface area (Å²) < 4.78 is 1.86. The van der Waals surface area contributed by atoms with Crippen molar-refractivity contribution in [3.63, 3.8) is 0 Å². The normalized spacial score (nSPS) is 20.0. The number of piperidine rings is 1. The molecule has 13 nitrogen and oxygen atoms in total. The molecule has 2 aliphatic heterocycles. The maximum absolute atomic E-state index is 14.1. The largest absolute Gasteiger partial charge is 0.369 e. The molecule has 0 saturated carbocycles. The number of imidazole rings is 1. The Morgan fingerprint density at radius 3 is 2.61 bits per heavy atom. The third-order valence-electron chi connectivity index (χ3n) is 12.5. The SMILES string of the molecule is CCc1cc2c(cc1N1CCN(C(=O)CCCN3CC[C@@H](C)[C@@H](NC(=O)[C@@H](N)CCCn4ccnc4N)C3)CC1)C(C)(C)c1[nH]c3cc(C#N)ccc3c1C2=O. The molecule has 0 radical (unpaired) electrons. The number of carbonyl (C=O) groups excluding carboxylic acids is 3. The van der Waals surface area contributed by atoms with Crippen molar-refractivity contribution in [2.45, 2.75) is 90.3 Å². The summed E-state index contributed by atoms with van der Waals surface area (Å²) in [6.45, 7) is 14.6. The fraction of sp³-hybridized carbons (Fsp3) is 0.512. The number of nitrogens with two attached hydrogens (primary N) is 2. The zero-order valence-corrected chi connectivity index (χ0v) is 33.2. The minimum Gasteiger partial charge on any atom is -0.369 e. The van der Waals surface area contributed by atoms with Crippen LogP contribution in [-0.2, 0) is 28.0 Å². The lowest BCUT2D eigenvalue weighted by Crippen LogP contribution is -2.55. The van der Waals surface area contributed by atoms with Crippen molar-refractivity contribution in [1.82, 2.24) is 29.7 Å². The second kappa shape index (κ2) is 16.1. The zero-order chi connectivity index (χ0) is 39.7. The number of anilines is 2. The summed E-state index contributed by atoms with van der Waals surface area (Å²) in [7, 11) is 0. The molecule has 4 aromatic rings. The van der Waals surface area contributed by atoms with Gasteiger partial charge in [-0.1, -0.05) is 33.8 Å². The fourth-order valence-corrected chi connectivity index (χ4v) is 8.93. The van der Waals surface area contributed by atoms with Crippen LogP contribution >= 0.6 is 0 Å². The molecule has 0 bridgehead atoms. The molecule has 1 aliphatic carbocycles. The number of nitrogen functional groups attached to an aromatic ring is 1. The van der Waals surface area contributed by atoms with E-state index in [1.165, 1.54) is 0 Å². The average molecular weight is 761 g/mol. The van der Waals surface area contributed by atoms with Crippen molar-refractivity contribution in [2.24, 2.45) is 11.7 Å². The first-order valence-corrected chi connectivity index (χ1v) is 20.3. The van der Waals surface area contributed by atoms with Crippen molar-refractivity contribution in [2.75, 3.05) is 56.4 Å². The highest BCUT2D eigenvalue weighted by Gasteiger charge is 2.41. The number of fused-ring (bicyclic) bond motifs is 4. The van der Waals surface area contributed by atoms with Gasteiger partial charge in [-0.3, -0.25) is 14.4 Å². The molecule has 4 heterocycles. The molecule has 2 amide bonds. The van der Waals surface area contributed by atoms with E-state index in [-0.39, 0.29) is 23.6 Å². The standard InChI is InChI=1S/C43H56N10O3/c1-5-29-23-31-32(43(3,4)40-38(39(31)55)30-11-10-28(25-44)22-34(30)48-40)24-36(29)51-18-20-52(21-19-51)37(54)9-7-14-50-16-12-27(2)35(26-50)49-41(56)33(45)8-6-15-53-17-13-47-42(53)46/h10-11,13,17,22-24,27,33,35,48H,5-9,12,14-16,18-21,26,45H2,1-4H3,(H2,46,47)(H,49,56)/t27-,33+,35+/m1/s1. The lowest BCUT2D eigenvalue weighted by atomic mass is 9.70. The number of nitrogens with zero attached hydrogens (tertiary/aromatic N) is 6. The summed E-state index contributed by atoms with van der Waals surface area (Å²) in [6, 6.07) is 11.4. The summed E-state index contributed by atoms with van der Waals surface area (Å²) in [5, 5.41) is 13.5. The first kappa shape index (κ1) is 39.1. The van der Waals surface area contributed by atoms with Gasteiger partial charge in [0.25, 0.3) is 0 Å².